The van der Waals surface area contributed by atoms with E-state index in [0.717, 1.165) is 44.3 Å². The molecule has 0 aromatic carbocycles. The van der Waals surface area contributed by atoms with Crippen molar-refractivity contribution in [2.45, 2.75) is 76.4 Å². The summed E-state index contributed by atoms with van der Waals surface area (Å²) in [5.41, 5.74) is 0. The number of aliphatic imine (C=N–C) groups is 1. The number of nitrogens with zero attached hydrogens (tertiary/aromatic N) is 1. The van der Waals surface area contributed by atoms with E-state index in [2.05, 4.69) is 10.6 Å². The molecule has 1 aliphatic heterocycles. The molecule has 1 saturated heterocycles. The molecule has 2 N–H and O–H groups in total. The maximum absolute atomic E-state index is 5.82. The Balaban J connectivity index is 0.00000243. The number of nitrogens with one attached hydrogen (secondary N) is 2. The molecule has 0 radical (unpaired) electrons. The average molecular weight is 475 g/mol. The first-order chi connectivity index (χ1) is 12.4. The second-order valence-corrected chi connectivity index (χ2v) is 7.24. The molecule has 0 spiro atoms. The Morgan fingerprint density at radius 2 is 1.96 bits per heavy atom. The number of guanidine groups is 1. The maximum atomic E-state index is 5.82. The summed E-state index contributed by atoms with van der Waals surface area (Å²) >= 11 is 0. The van der Waals surface area contributed by atoms with Gasteiger partial charge >= 0.3 is 0 Å². The summed E-state index contributed by atoms with van der Waals surface area (Å²) in [5, 5.41) is 7.12. The normalized spacial score (nSPS) is 21.8. The van der Waals surface area contributed by atoms with Crippen LogP contribution in [0.4, 0.5) is 0 Å². The van der Waals surface area contributed by atoms with Crippen LogP contribution in [-0.2, 0) is 11.2 Å². The van der Waals surface area contributed by atoms with Gasteiger partial charge in [-0.3, -0.25) is 4.99 Å². The number of ether oxygens (including phenoxy) is 1. The van der Waals surface area contributed by atoms with E-state index in [1.807, 2.05) is 12.1 Å². The lowest BCUT2D eigenvalue weighted by molar-refractivity contribution is 0.0129. The van der Waals surface area contributed by atoms with Crippen LogP contribution in [0.25, 0.3) is 0 Å². The molecule has 2 fully saturated rings. The first-order valence-electron chi connectivity index (χ1n) is 10.1. The van der Waals surface area contributed by atoms with Gasteiger partial charge in [0, 0.05) is 32.2 Å². The van der Waals surface area contributed by atoms with E-state index in [1.165, 1.54) is 51.4 Å². The van der Waals surface area contributed by atoms with E-state index in [0.29, 0.717) is 12.1 Å². The average Bonchev–Trinajstić information content (AvgIpc) is 3.17. The fourth-order valence-corrected chi connectivity index (χ4v) is 3.71. The van der Waals surface area contributed by atoms with E-state index in [9.17, 15) is 0 Å². The minimum Gasteiger partial charge on any atom is -0.469 e. The zero-order valence-corrected chi connectivity index (χ0v) is 18.1. The van der Waals surface area contributed by atoms with Crippen molar-refractivity contribution >= 4 is 29.9 Å². The fourth-order valence-electron chi connectivity index (χ4n) is 3.71. The minimum atomic E-state index is 0. The Morgan fingerprint density at radius 3 is 2.69 bits per heavy atom. The molecular weight excluding hydrogens is 441 g/mol. The van der Waals surface area contributed by atoms with E-state index < -0.39 is 0 Å². The number of rotatable bonds is 7. The predicted octanol–water partition coefficient (Wildman–Crippen LogP) is 4.27. The smallest absolute Gasteiger partial charge is 0.191 e. The standard InChI is InChI=1S/C20H33N3O2.HI/c1-2-7-17(8-3-1)23-20(22-14-12-19-10-6-16-25-19)21-13-11-18-9-4-5-15-24-18;/h6,10,16-18H,1-5,7-9,11-15H2,(H2,21,22,23);1H. The quantitative estimate of drug-likeness (QED) is 0.352. The Morgan fingerprint density at radius 1 is 1.12 bits per heavy atom. The number of hydrogen-bond donors (Lipinski definition) is 2. The van der Waals surface area contributed by atoms with Crippen LogP contribution in [-0.4, -0.2) is 37.8 Å². The topological polar surface area (TPSA) is 58.8 Å². The summed E-state index contributed by atoms with van der Waals surface area (Å²) < 4.78 is 11.2. The van der Waals surface area contributed by atoms with Crippen molar-refractivity contribution in [1.29, 1.82) is 0 Å². The summed E-state index contributed by atoms with van der Waals surface area (Å²) in [6, 6.07) is 4.52. The van der Waals surface area contributed by atoms with Gasteiger partial charge in [-0.05, 0) is 50.7 Å². The molecule has 148 valence electrons. The zero-order valence-electron chi connectivity index (χ0n) is 15.8. The molecule has 1 unspecified atom stereocenters. The van der Waals surface area contributed by atoms with Crippen LogP contribution in [0.5, 0.6) is 0 Å². The summed E-state index contributed by atoms with van der Waals surface area (Å²) in [6.07, 6.45) is 14.3. The van der Waals surface area contributed by atoms with Gasteiger partial charge in [-0.15, -0.1) is 24.0 Å². The van der Waals surface area contributed by atoms with Gasteiger partial charge in [-0.2, -0.15) is 0 Å². The van der Waals surface area contributed by atoms with Gasteiger partial charge in [0.15, 0.2) is 5.96 Å². The number of hydrogen-bond acceptors (Lipinski definition) is 3. The van der Waals surface area contributed by atoms with Crippen LogP contribution >= 0.6 is 24.0 Å². The van der Waals surface area contributed by atoms with Gasteiger partial charge in [0.25, 0.3) is 0 Å². The Hall–Kier alpha value is -0.760. The highest BCUT2D eigenvalue weighted by atomic mass is 127. The molecule has 1 saturated carbocycles. The highest BCUT2D eigenvalue weighted by Gasteiger charge is 2.16. The van der Waals surface area contributed by atoms with Crippen molar-refractivity contribution in [3.63, 3.8) is 0 Å². The highest BCUT2D eigenvalue weighted by Crippen LogP contribution is 2.17. The van der Waals surface area contributed by atoms with Crippen molar-refractivity contribution in [2.24, 2.45) is 4.99 Å². The molecule has 1 atom stereocenters. The molecule has 1 aromatic heterocycles. The van der Waals surface area contributed by atoms with Crippen molar-refractivity contribution in [1.82, 2.24) is 10.6 Å². The first kappa shape index (κ1) is 21.5. The monoisotopic (exact) mass is 475 g/mol. The molecule has 26 heavy (non-hydrogen) atoms. The van der Waals surface area contributed by atoms with E-state index in [1.54, 1.807) is 6.26 Å². The van der Waals surface area contributed by atoms with Gasteiger partial charge < -0.3 is 19.8 Å². The maximum Gasteiger partial charge on any atom is 0.191 e. The van der Waals surface area contributed by atoms with Gasteiger partial charge in [0.05, 0.1) is 12.4 Å². The van der Waals surface area contributed by atoms with E-state index in [-0.39, 0.29) is 24.0 Å². The van der Waals surface area contributed by atoms with E-state index in [4.69, 9.17) is 14.1 Å². The second-order valence-electron chi connectivity index (χ2n) is 7.24. The van der Waals surface area contributed by atoms with Crippen LogP contribution in [0.15, 0.2) is 27.8 Å². The van der Waals surface area contributed by atoms with Crippen LogP contribution in [0.1, 0.15) is 63.5 Å². The van der Waals surface area contributed by atoms with Crippen molar-refractivity contribution in [2.75, 3.05) is 19.7 Å². The fraction of sp³-hybridized carbons (Fsp3) is 0.750. The van der Waals surface area contributed by atoms with Gasteiger partial charge in [-0.1, -0.05) is 19.3 Å². The minimum absolute atomic E-state index is 0. The lowest BCUT2D eigenvalue weighted by Crippen LogP contribution is -2.45. The molecule has 1 aromatic rings. The van der Waals surface area contributed by atoms with Crippen LogP contribution in [0.3, 0.4) is 0 Å². The lowest BCUT2D eigenvalue weighted by Gasteiger charge is -2.25. The lowest BCUT2D eigenvalue weighted by atomic mass is 9.96. The largest absolute Gasteiger partial charge is 0.469 e. The Bertz CT molecular complexity index is 495. The van der Waals surface area contributed by atoms with Crippen LogP contribution in [0.2, 0.25) is 0 Å². The highest BCUT2D eigenvalue weighted by molar-refractivity contribution is 14.0. The van der Waals surface area contributed by atoms with Crippen LogP contribution < -0.4 is 10.6 Å². The molecule has 0 amide bonds. The first-order valence-corrected chi connectivity index (χ1v) is 10.1. The molecule has 2 heterocycles. The Kier molecular flexibility index (Phi) is 10.4. The molecule has 2 aliphatic rings. The van der Waals surface area contributed by atoms with Crippen molar-refractivity contribution in [3.8, 4) is 0 Å². The number of halogens is 1. The molecule has 3 rings (SSSR count). The van der Waals surface area contributed by atoms with Crippen molar-refractivity contribution in [3.05, 3.63) is 24.2 Å². The van der Waals surface area contributed by atoms with Gasteiger partial charge in [0.1, 0.15) is 5.76 Å². The third-order valence-corrected chi connectivity index (χ3v) is 5.18. The molecular formula is C20H34IN3O2. The third-order valence-electron chi connectivity index (χ3n) is 5.18. The summed E-state index contributed by atoms with van der Waals surface area (Å²) in [6.45, 7) is 2.59. The van der Waals surface area contributed by atoms with Gasteiger partial charge in [0.2, 0.25) is 0 Å². The summed E-state index contributed by atoms with van der Waals surface area (Å²) in [7, 11) is 0. The summed E-state index contributed by atoms with van der Waals surface area (Å²) in [5.74, 6) is 1.97. The second kappa shape index (κ2) is 12.6. The predicted molar refractivity (Wildman–Crippen MR) is 116 cm³/mol. The third kappa shape index (κ3) is 7.86. The number of furan rings is 1. The molecule has 6 heteroatoms. The molecule has 5 nitrogen and oxygen atoms in total. The van der Waals surface area contributed by atoms with Crippen molar-refractivity contribution < 1.29 is 9.15 Å². The molecule has 0 bridgehead atoms. The Labute approximate surface area is 174 Å². The van der Waals surface area contributed by atoms with Crippen LogP contribution in [0, 0.1) is 0 Å². The van der Waals surface area contributed by atoms with E-state index >= 15 is 0 Å². The SMILES string of the molecule is I.c1coc(CCNC(=NCCC2CCCCO2)NC2CCCCC2)c1. The summed E-state index contributed by atoms with van der Waals surface area (Å²) in [4.78, 5) is 4.81. The molecule has 1 aliphatic carbocycles. The zero-order chi connectivity index (χ0) is 17.2. The van der Waals surface area contributed by atoms with Gasteiger partial charge in [-0.25, -0.2) is 0 Å².